The van der Waals surface area contributed by atoms with E-state index in [2.05, 4.69) is 43.2 Å². The molecule has 0 spiro atoms. The van der Waals surface area contributed by atoms with Gasteiger partial charge in [-0.15, -0.1) is 10.2 Å². The maximum atomic E-state index is 11.7. The quantitative estimate of drug-likeness (QED) is 0.529. The Morgan fingerprint density at radius 1 is 1.43 bits per heavy atom. The lowest BCUT2D eigenvalue weighted by Gasteiger charge is -2.09. The molecule has 21 heavy (non-hydrogen) atoms. The van der Waals surface area contributed by atoms with Gasteiger partial charge in [-0.2, -0.15) is 0 Å². The Labute approximate surface area is 131 Å². The van der Waals surface area contributed by atoms with Crippen molar-refractivity contribution >= 4 is 17.7 Å². The van der Waals surface area contributed by atoms with Gasteiger partial charge in [-0.1, -0.05) is 25.6 Å². The van der Waals surface area contributed by atoms with E-state index in [0.29, 0.717) is 30.9 Å². The number of amides is 1. The molecule has 7 heteroatoms. The average molecular weight is 314 g/mol. The molecule has 0 unspecified atom stereocenters. The summed E-state index contributed by atoms with van der Waals surface area (Å²) in [5.41, 5.74) is 0. The summed E-state index contributed by atoms with van der Waals surface area (Å²) >= 11 is 1.41. The van der Waals surface area contributed by atoms with Gasteiger partial charge in [0.05, 0.1) is 5.75 Å². The lowest BCUT2D eigenvalue weighted by Crippen LogP contribution is -2.27. The lowest BCUT2D eigenvalue weighted by atomic mass is 10.2. The van der Waals surface area contributed by atoms with Gasteiger partial charge in [-0.3, -0.25) is 4.79 Å². The van der Waals surface area contributed by atoms with Crippen LogP contribution >= 0.6 is 11.8 Å². The van der Waals surface area contributed by atoms with Crippen molar-refractivity contribution in [1.29, 1.82) is 0 Å². The zero-order valence-corrected chi connectivity index (χ0v) is 14.2. The molecule has 1 heterocycles. The predicted octanol–water partition coefficient (Wildman–Crippen LogP) is 2.13. The highest BCUT2D eigenvalue weighted by Gasteiger charge is 2.10. The van der Waals surface area contributed by atoms with E-state index in [1.54, 1.807) is 6.33 Å². The fourth-order valence-corrected chi connectivity index (χ4v) is 2.47. The SMILES string of the molecule is CC(C)COCCCNC(=O)CSc1nncn1C(C)C. The monoisotopic (exact) mass is 314 g/mol. The molecular weight excluding hydrogens is 288 g/mol. The third-order valence-corrected chi connectivity index (χ3v) is 3.62. The molecular formula is C14H26N4O2S. The summed E-state index contributed by atoms with van der Waals surface area (Å²) in [4.78, 5) is 11.7. The first-order chi connectivity index (χ1) is 10.0. The molecule has 0 aliphatic carbocycles. The second-order valence-corrected chi connectivity index (χ2v) is 6.52. The number of thioether (sulfide) groups is 1. The topological polar surface area (TPSA) is 69.0 Å². The fraction of sp³-hybridized carbons (Fsp3) is 0.786. The van der Waals surface area contributed by atoms with Crippen LogP contribution in [0.2, 0.25) is 0 Å². The minimum absolute atomic E-state index is 0.0159. The first-order valence-corrected chi connectivity index (χ1v) is 8.36. The van der Waals surface area contributed by atoms with Gasteiger partial charge >= 0.3 is 0 Å². The van der Waals surface area contributed by atoms with Crippen LogP contribution in [0.5, 0.6) is 0 Å². The highest BCUT2D eigenvalue weighted by Crippen LogP contribution is 2.18. The molecule has 1 amide bonds. The molecule has 0 atom stereocenters. The number of ether oxygens (including phenoxy) is 1. The summed E-state index contributed by atoms with van der Waals surface area (Å²) in [5, 5.41) is 11.6. The van der Waals surface area contributed by atoms with Crippen LogP contribution in [-0.2, 0) is 9.53 Å². The number of carbonyl (C=O) groups excluding carboxylic acids is 1. The Bertz CT molecular complexity index is 421. The van der Waals surface area contributed by atoms with Gasteiger partial charge in [0.1, 0.15) is 6.33 Å². The molecule has 0 saturated carbocycles. The minimum atomic E-state index is 0.0159. The maximum absolute atomic E-state index is 11.7. The van der Waals surface area contributed by atoms with E-state index in [4.69, 9.17) is 4.74 Å². The van der Waals surface area contributed by atoms with Crippen molar-refractivity contribution < 1.29 is 9.53 Å². The molecule has 6 nitrogen and oxygen atoms in total. The third-order valence-electron chi connectivity index (χ3n) is 2.67. The number of hydrogen-bond acceptors (Lipinski definition) is 5. The zero-order chi connectivity index (χ0) is 15.7. The second kappa shape index (κ2) is 9.78. The van der Waals surface area contributed by atoms with Gasteiger partial charge < -0.3 is 14.6 Å². The Morgan fingerprint density at radius 3 is 2.86 bits per heavy atom. The van der Waals surface area contributed by atoms with Crippen molar-refractivity contribution in [2.75, 3.05) is 25.5 Å². The third kappa shape index (κ3) is 7.47. The molecule has 0 radical (unpaired) electrons. The van der Waals surface area contributed by atoms with Crippen LogP contribution < -0.4 is 5.32 Å². The molecule has 0 fully saturated rings. The van der Waals surface area contributed by atoms with Crippen molar-refractivity contribution in [3.63, 3.8) is 0 Å². The van der Waals surface area contributed by atoms with Gasteiger partial charge in [0.25, 0.3) is 0 Å². The lowest BCUT2D eigenvalue weighted by molar-refractivity contribution is -0.118. The largest absolute Gasteiger partial charge is 0.381 e. The van der Waals surface area contributed by atoms with E-state index in [0.717, 1.165) is 18.2 Å². The number of aromatic nitrogens is 3. The van der Waals surface area contributed by atoms with Crippen molar-refractivity contribution in [2.45, 2.75) is 45.3 Å². The van der Waals surface area contributed by atoms with Crippen LogP contribution in [0.4, 0.5) is 0 Å². The van der Waals surface area contributed by atoms with Gasteiger partial charge in [-0.25, -0.2) is 0 Å². The smallest absolute Gasteiger partial charge is 0.230 e. The minimum Gasteiger partial charge on any atom is -0.381 e. The standard InChI is InChI=1S/C14H26N4O2S/c1-11(2)8-20-7-5-6-15-13(19)9-21-14-17-16-10-18(14)12(3)4/h10-12H,5-9H2,1-4H3,(H,15,19). The molecule has 1 aromatic rings. The first-order valence-electron chi connectivity index (χ1n) is 7.37. The zero-order valence-electron chi connectivity index (χ0n) is 13.3. The molecule has 1 rings (SSSR count). The molecule has 0 saturated heterocycles. The van der Waals surface area contributed by atoms with E-state index in [-0.39, 0.29) is 5.91 Å². The van der Waals surface area contributed by atoms with Crippen LogP contribution in [0.25, 0.3) is 0 Å². The van der Waals surface area contributed by atoms with E-state index >= 15 is 0 Å². The normalized spacial score (nSPS) is 11.3. The van der Waals surface area contributed by atoms with Crippen LogP contribution in [0, 0.1) is 5.92 Å². The Morgan fingerprint density at radius 2 is 2.19 bits per heavy atom. The predicted molar refractivity (Wildman–Crippen MR) is 84.4 cm³/mol. The number of carbonyl (C=O) groups is 1. The van der Waals surface area contributed by atoms with Gasteiger partial charge in [0.15, 0.2) is 5.16 Å². The Kier molecular flexibility index (Phi) is 8.37. The van der Waals surface area contributed by atoms with Crippen molar-refractivity contribution in [1.82, 2.24) is 20.1 Å². The van der Waals surface area contributed by atoms with E-state index in [1.807, 2.05) is 4.57 Å². The number of nitrogens with zero attached hydrogens (tertiary/aromatic N) is 3. The average Bonchev–Trinajstić information content (AvgIpc) is 2.88. The van der Waals surface area contributed by atoms with E-state index in [1.165, 1.54) is 11.8 Å². The Balaban J connectivity index is 2.12. The molecule has 0 aliphatic rings. The summed E-state index contributed by atoms with van der Waals surface area (Å²) in [7, 11) is 0. The van der Waals surface area contributed by atoms with Gasteiger partial charge in [0, 0.05) is 25.8 Å². The molecule has 0 aliphatic heterocycles. The Hall–Kier alpha value is -1.08. The first kappa shape index (κ1) is 18.0. The summed E-state index contributed by atoms with van der Waals surface area (Å²) in [5.74, 6) is 0.926. The molecule has 1 aromatic heterocycles. The second-order valence-electron chi connectivity index (χ2n) is 5.58. The number of hydrogen-bond donors (Lipinski definition) is 1. The highest BCUT2D eigenvalue weighted by molar-refractivity contribution is 7.99. The molecule has 1 N–H and O–H groups in total. The van der Waals surface area contributed by atoms with Crippen LogP contribution in [0.15, 0.2) is 11.5 Å². The molecule has 0 aromatic carbocycles. The summed E-state index contributed by atoms with van der Waals surface area (Å²) < 4.78 is 7.42. The summed E-state index contributed by atoms with van der Waals surface area (Å²) in [6.07, 6.45) is 2.53. The van der Waals surface area contributed by atoms with Crippen molar-refractivity contribution in [2.24, 2.45) is 5.92 Å². The number of rotatable bonds is 10. The maximum Gasteiger partial charge on any atom is 0.230 e. The van der Waals surface area contributed by atoms with Crippen molar-refractivity contribution in [3.05, 3.63) is 6.33 Å². The van der Waals surface area contributed by atoms with Crippen LogP contribution in [-0.4, -0.2) is 46.2 Å². The van der Waals surface area contributed by atoms with Gasteiger partial charge in [0.2, 0.25) is 5.91 Å². The van der Waals surface area contributed by atoms with Crippen LogP contribution in [0.1, 0.15) is 40.2 Å². The fourth-order valence-electron chi connectivity index (χ4n) is 1.59. The molecule has 0 bridgehead atoms. The van der Waals surface area contributed by atoms with Crippen LogP contribution in [0.3, 0.4) is 0 Å². The van der Waals surface area contributed by atoms with E-state index < -0.39 is 0 Å². The summed E-state index contributed by atoms with van der Waals surface area (Å²) in [6.45, 7) is 10.5. The number of nitrogens with one attached hydrogen (secondary N) is 1. The highest BCUT2D eigenvalue weighted by atomic mass is 32.2. The van der Waals surface area contributed by atoms with Crippen molar-refractivity contribution in [3.8, 4) is 0 Å². The summed E-state index contributed by atoms with van der Waals surface area (Å²) in [6, 6.07) is 0.295. The molecule has 120 valence electrons. The van der Waals surface area contributed by atoms with E-state index in [9.17, 15) is 4.79 Å². The van der Waals surface area contributed by atoms with Gasteiger partial charge in [-0.05, 0) is 26.2 Å².